The Morgan fingerprint density at radius 3 is 2.55 bits per heavy atom. The van der Waals surface area contributed by atoms with Crippen LogP contribution in [0.4, 0.5) is 0 Å². The first-order valence-electron chi connectivity index (χ1n) is 6.37. The predicted molar refractivity (Wildman–Crippen MR) is 76.8 cm³/mol. The van der Waals surface area contributed by atoms with Gasteiger partial charge in [-0.15, -0.1) is 0 Å². The van der Waals surface area contributed by atoms with E-state index in [2.05, 4.69) is 0 Å². The van der Waals surface area contributed by atoms with Crippen LogP contribution in [0.3, 0.4) is 0 Å². The molecule has 0 radical (unpaired) electrons. The van der Waals surface area contributed by atoms with Gasteiger partial charge in [-0.2, -0.15) is 9.57 Å². The normalized spacial score (nSPS) is 11.8. The van der Waals surface area contributed by atoms with E-state index in [4.69, 9.17) is 10.00 Å². The number of hydrogen-bond donors (Lipinski definition) is 0. The van der Waals surface area contributed by atoms with E-state index < -0.39 is 10.0 Å². The molecular formula is C14H20N2O3S. The van der Waals surface area contributed by atoms with Crippen molar-refractivity contribution in [3.05, 3.63) is 29.3 Å². The molecule has 5 nitrogen and oxygen atoms in total. The average molecular weight is 296 g/mol. The molecule has 0 saturated heterocycles. The highest BCUT2D eigenvalue weighted by Crippen LogP contribution is 2.19. The number of hydrogen-bond acceptors (Lipinski definition) is 4. The van der Waals surface area contributed by atoms with Crippen LogP contribution in [0.15, 0.2) is 23.1 Å². The molecule has 1 rings (SSSR count). The molecule has 0 aliphatic heterocycles. The van der Waals surface area contributed by atoms with E-state index in [0.717, 1.165) is 0 Å². The third kappa shape index (κ3) is 4.04. The largest absolute Gasteiger partial charge is 0.377 e. The van der Waals surface area contributed by atoms with Gasteiger partial charge in [-0.1, -0.05) is 0 Å². The van der Waals surface area contributed by atoms with Crippen molar-refractivity contribution in [3.63, 3.8) is 0 Å². The minimum atomic E-state index is -3.55. The molecule has 0 N–H and O–H groups in total. The van der Waals surface area contributed by atoms with E-state index in [1.807, 2.05) is 19.9 Å². The highest BCUT2D eigenvalue weighted by molar-refractivity contribution is 7.89. The van der Waals surface area contributed by atoms with Crippen LogP contribution in [0.2, 0.25) is 0 Å². The van der Waals surface area contributed by atoms with Gasteiger partial charge in [-0.3, -0.25) is 0 Å². The van der Waals surface area contributed by atoms with Crippen molar-refractivity contribution in [1.29, 1.82) is 5.26 Å². The second-order valence-electron chi connectivity index (χ2n) is 4.84. The maximum absolute atomic E-state index is 12.4. The molecule has 110 valence electrons. The van der Waals surface area contributed by atoms with Crippen molar-refractivity contribution in [2.75, 3.05) is 20.2 Å². The number of aryl methyl sites for hydroxylation is 1. The number of nitriles is 1. The Morgan fingerprint density at radius 1 is 1.40 bits per heavy atom. The first kappa shape index (κ1) is 16.6. The maximum Gasteiger partial charge on any atom is 0.243 e. The molecule has 1 aromatic carbocycles. The van der Waals surface area contributed by atoms with Gasteiger partial charge >= 0.3 is 0 Å². The van der Waals surface area contributed by atoms with Gasteiger partial charge in [0.1, 0.15) is 0 Å². The standard InChI is InChI=1S/C14H20N2O3S/c1-11(2)19-8-7-16(4)20(17,18)14-6-5-13(10-15)9-12(14)3/h5-6,9,11H,7-8H2,1-4H3. The van der Waals surface area contributed by atoms with Crippen molar-refractivity contribution in [2.45, 2.75) is 31.8 Å². The SMILES string of the molecule is Cc1cc(C#N)ccc1S(=O)(=O)N(C)CCOC(C)C. The van der Waals surface area contributed by atoms with Gasteiger partial charge in [0.15, 0.2) is 0 Å². The monoisotopic (exact) mass is 296 g/mol. The quantitative estimate of drug-likeness (QED) is 0.804. The molecule has 0 spiro atoms. The van der Waals surface area contributed by atoms with E-state index in [1.54, 1.807) is 13.0 Å². The van der Waals surface area contributed by atoms with Crippen LogP contribution < -0.4 is 0 Å². The second kappa shape index (κ2) is 6.84. The summed E-state index contributed by atoms with van der Waals surface area (Å²) in [6.45, 7) is 6.13. The summed E-state index contributed by atoms with van der Waals surface area (Å²) in [6.07, 6.45) is 0.0720. The summed E-state index contributed by atoms with van der Waals surface area (Å²) in [5.74, 6) is 0. The molecule has 0 heterocycles. The zero-order chi connectivity index (χ0) is 15.3. The number of nitrogens with zero attached hydrogens (tertiary/aromatic N) is 2. The molecule has 0 unspecified atom stereocenters. The molecule has 20 heavy (non-hydrogen) atoms. The van der Waals surface area contributed by atoms with Crippen LogP contribution in [0, 0.1) is 18.3 Å². The van der Waals surface area contributed by atoms with E-state index in [9.17, 15) is 8.42 Å². The Bertz CT molecular complexity index is 603. The van der Waals surface area contributed by atoms with Gasteiger partial charge in [-0.25, -0.2) is 8.42 Å². The van der Waals surface area contributed by atoms with Crippen LogP contribution in [-0.4, -0.2) is 39.0 Å². The molecule has 0 saturated carbocycles. The summed E-state index contributed by atoms with van der Waals surface area (Å²) in [7, 11) is -2.02. The lowest BCUT2D eigenvalue weighted by atomic mass is 10.2. The van der Waals surface area contributed by atoms with Crippen LogP contribution in [0.5, 0.6) is 0 Å². The third-order valence-electron chi connectivity index (χ3n) is 2.85. The lowest BCUT2D eigenvalue weighted by Crippen LogP contribution is -2.31. The molecule has 6 heteroatoms. The fraction of sp³-hybridized carbons (Fsp3) is 0.500. The first-order valence-corrected chi connectivity index (χ1v) is 7.81. The zero-order valence-corrected chi connectivity index (χ0v) is 13.1. The average Bonchev–Trinajstić information content (AvgIpc) is 2.37. The highest BCUT2D eigenvalue weighted by Gasteiger charge is 2.22. The first-order chi connectivity index (χ1) is 9.28. The number of sulfonamides is 1. The van der Waals surface area contributed by atoms with Crippen LogP contribution in [-0.2, 0) is 14.8 Å². The Balaban J connectivity index is 2.91. The molecule has 0 amide bonds. The van der Waals surface area contributed by atoms with Crippen LogP contribution >= 0.6 is 0 Å². The summed E-state index contributed by atoms with van der Waals surface area (Å²) in [5.41, 5.74) is 1.02. The summed E-state index contributed by atoms with van der Waals surface area (Å²) >= 11 is 0. The minimum absolute atomic E-state index is 0.0720. The number of ether oxygens (including phenoxy) is 1. The van der Waals surface area contributed by atoms with Crippen molar-refractivity contribution < 1.29 is 13.2 Å². The fourth-order valence-corrected chi connectivity index (χ4v) is 3.07. The van der Waals surface area contributed by atoms with E-state index >= 15 is 0 Å². The molecule has 1 aromatic rings. The topological polar surface area (TPSA) is 70.4 Å². The van der Waals surface area contributed by atoms with Crippen molar-refractivity contribution >= 4 is 10.0 Å². The molecule has 0 atom stereocenters. The molecule has 0 bridgehead atoms. The van der Waals surface area contributed by atoms with E-state index in [1.165, 1.54) is 23.5 Å². The second-order valence-corrected chi connectivity index (χ2v) is 6.85. The fourth-order valence-electron chi connectivity index (χ4n) is 1.71. The van der Waals surface area contributed by atoms with E-state index in [0.29, 0.717) is 24.3 Å². The van der Waals surface area contributed by atoms with Gasteiger partial charge in [0.25, 0.3) is 0 Å². The highest BCUT2D eigenvalue weighted by atomic mass is 32.2. The summed E-state index contributed by atoms with van der Waals surface area (Å²) in [6, 6.07) is 6.56. The number of rotatable bonds is 6. The summed E-state index contributed by atoms with van der Waals surface area (Å²) < 4.78 is 31.5. The van der Waals surface area contributed by atoms with Crippen molar-refractivity contribution in [3.8, 4) is 6.07 Å². The Labute approximate surface area is 120 Å². The van der Waals surface area contributed by atoms with Crippen LogP contribution in [0.25, 0.3) is 0 Å². The van der Waals surface area contributed by atoms with Gasteiger partial charge in [0, 0.05) is 13.6 Å². The maximum atomic E-state index is 12.4. The van der Waals surface area contributed by atoms with Crippen molar-refractivity contribution in [1.82, 2.24) is 4.31 Å². The van der Waals surface area contributed by atoms with E-state index in [-0.39, 0.29) is 11.0 Å². The predicted octanol–water partition coefficient (Wildman–Crippen LogP) is 1.91. The lowest BCUT2D eigenvalue weighted by Gasteiger charge is -2.19. The van der Waals surface area contributed by atoms with Gasteiger partial charge in [-0.05, 0) is 44.5 Å². The van der Waals surface area contributed by atoms with Gasteiger partial charge in [0.2, 0.25) is 10.0 Å². The smallest absolute Gasteiger partial charge is 0.243 e. The Hall–Kier alpha value is -1.42. The molecule has 0 aromatic heterocycles. The third-order valence-corrected chi connectivity index (χ3v) is 4.87. The lowest BCUT2D eigenvalue weighted by molar-refractivity contribution is 0.0737. The number of likely N-dealkylation sites (N-methyl/N-ethyl adjacent to an activating group) is 1. The molecule has 0 aliphatic carbocycles. The van der Waals surface area contributed by atoms with Gasteiger partial charge < -0.3 is 4.74 Å². The molecular weight excluding hydrogens is 276 g/mol. The number of benzene rings is 1. The minimum Gasteiger partial charge on any atom is -0.377 e. The van der Waals surface area contributed by atoms with Gasteiger partial charge in [0.05, 0.1) is 29.2 Å². The Kier molecular flexibility index (Phi) is 5.69. The van der Waals surface area contributed by atoms with Crippen LogP contribution in [0.1, 0.15) is 25.0 Å². The molecule has 0 aliphatic rings. The summed E-state index contributed by atoms with van der Waals surface area (Å²) in [4.78, 5) is 0.226. The van der Waals surface area contributed by atoms with Crippen molar-refractivity contribution in [2.24, 2.45) is 0 Å². The summed E-state index contributed by atoms with van der Waals surface area (Å²) in [5, 5.41) is 8.81. The zero-order valence-electron chi connectivity index (χ0n) is 12.3. The Morgan fingerprint density at radius 2 is 2.05 bits per heavy atom. The molecule has 0 fully saturated rings.